The molecule has 1 aromatic carbocycles. The Morgan fingerprint density at radius 3 is 2.35 bits per heavy atom. The van der Waals surface area contributed by atoms with Crippen LogP contribution < -0.4 is 10.6 Å². The van der Waals surface area contributed by atoms with Crippen molar-refractivity contribution >= 4 is 0 Å². The minimum absolute atomic E-state index is 0.993. The van der Waals surface area contributed by atoms with Crippen molar-refractivity contribution in [3.05, 3.63) is 34.4 Å². The van der Waals surface area contributed by atoms with Crippen molar-refractivity contribution in [1.82, 2.24) is 10.6 Å². The summed E-state index contributed by atoms with van der Waals surface area (Å²) in [4.78, 5) is 0. The van der Waals surface area contributed by atoms with Gasteiger partial charge in [-0.15, -0.1) is 0 Å². The highest BCUT2D eigenvalue weighted by molar-refractivity contribution is 5.38. The van der Waals surface area contributed by atoms with E-state index in [1.54, 1.807) is 0 Å². The van der Waals surface area contributed by atoms with Crippen molar-refractivity contribution in [3.8, 4) is 0 Å². The summed E-state index contributed by atoms with van der Waals surface area (Å²) in [6, 6.07) is 4.47. The van der Waals surface area contributed by atoms with Gasteiger partial charge in [-0.25, -0.2) is 0 Å². The van der Waals surface area contributed by atoms with E-state index in [-0.39, 0.29) is 0 Å². The van der Waals surface area contributed by atoms with Gasteiger partial charge in [0.25, 0.3) is 0 Å². The molecule has 17 heavy (non-hydrogen) atoms. The molecule has 0 aliphatic rings. The highest BCUT2D eigenvalue weighted by Crippen LogP contribution is 2.16. The molecule has 0 fully saturated rings. The fourth-order valence-corrected chi connectivity index (χ4v) is 1.98. The molecule has 0 heterocycles. The van der Waals surface area contributed by atoms with E-state index in [2.05, 4.69) is 43.5 Å². The Labute approximate surface area is 106 Å². The SMILES string of the molecule is CNCCCCNCc1ccc(C)c(C)c1C. The van der Waals surface area contributed by atoms with E-state index in [0.717, 1.165) is 19.6 Å². The monoisotopic (exact) mass is 234 g/mol. The quantitative estimate of drug-likeness (QED) is 0.709. The molecule has 2 N–H and O–H groups in total. The van der Waals surface area contributed by atoms with Gasteiger partial charge in [0, 0.05) is 6.54 Å². The zero-order chi connectivity index (χ0) is 12.7. The summed E-state index contributed by atoms with van der Waals surface area (Å²) in [5.74, 6) is 0. The van der Waals surface area contributed by atoms with E-state index in [1.165, 1.54) is 35.1 Å². The molecule has 0 atom stereocenters. The lowest BCUT2D eigenvalue weighted by Crippen LogP contribution is -2.17. The van der Waals surface area contributed by atoms with Gasteiger partial charge in [0.2, 0.25) is 0 Å². The molecule has 0 aliphatic carbocycles. The summed E-state index contributed by atoms with van der Waals surface area (Å²) in [6.45, 7) is 9.82. The molecule has 0 spiro atoms. The number of rotatable bonds is 7. The molecule has 96 valence electrons. The number of benzene rings is 1. The minimum Gasteiger partial charge on any atom is -0.320 e. The number of hydrogen-bond donors (Lipinski definition) is 2. The third-order valence-corrected chi connectivity index (χ3v) is 3.52. The van der Waals surface area contributed by atoms with Gasteiger partial charge < -0.3 is 10.6 Å². The molecule has 0 aliphatic heterocycles. The molecule has 1 rings (SSSR count). The van der Waals surface area contributed by atoms with Crippen LogP contribution in [-0.4, -0.2) is 20.1 Å². The molecule has 1 aromatic rings. The van der Waals surface area contributed by atoms with Crippen LogP contribution in [0, 0.1) is 20.8 Å². The normalized spacial score (nSPS) is 10.8. The fraction of sp³-hybridized carbons (Fsp3) is 0.600. The molecule has 0 aromatic heterocycles. The van der Waals surface area contributed by atoms with E-state index in [4.69, 9.17) is 0 Å². The Morgan fingerprint density at radius 1 is 0.941 bits per heavy atom. The summed E-state index contributed by atoms with van der Waals surface area (Å²) in [5.41, 5.74) is 5.69. The van der Waals surface area contributed by atoms with Crippen LogP contribution in [0.5, 0.6) is 0 Å². The average Bonchev–Trinajstić information content (AvgIpc) is 2.33. The van der Waals surface area contributed by atoms with Crippen LogP contribution in [0.3, 0.4) is 0 Å². The molecule has 0 radical (unpaired) electrons. The summed E-state index contributed by atoms with van der Waals surface area (Å²) in [7, 11) is 2.01. The van der Waals surface area contributed by atoms with Gasteiger partial charge in [0.05, 0.1) is 0 Å². The van der Waals surface area contributed by atoms with Gasteiger partial charge >= 0.3 is 0 Å². The summed E-state index contributed by atoms with van der Waals surface area (Å²) in [5, 5.41) is 6.69. The van der Waals surface area contributed by atoms with Crippen molar-refractivity contribution in [3.63, 3.8) is 0 Å². The molecule has 2 nitrogen and oxygen atoms in total. The maximum atomic E-state index is 3.52. The Hall–Kier alpha value is -0.860. The summed E-state index contributed by atoms with van der Waals surface area (Å²) in [6.07, 6.45) is 2.49. The highest BCUT2D eigenvalue weighted by atomic mass is 14.8. The maximum absolute atomic E-state index is 3.52. The van der Waals surface area contributed by atoms with Crippen molar-refractivity contribution < 1.29 is 0 Å². The van der Waals surface area contributed by atoms with Gasteiger partial charge in [0.15, 0.2) is 0 Å². The second-order valence-corrected chi connectivity index (χ2v) is 4.78. The number of nitrogens with one attached hydrogen (secondary N) is 2. The first-order valence-electron chi connectivity index (χ1n) is 6.57. The highest BCUT2D eigenvalue weighted by Gasteiger charge is 2.02. The smallest absolute Gasteiger partial charge is 0.0208 e. The number of aryl methyl sites for hydroxylation is 1. The molecule has 0 amide bonds. The Morgan fingerprint density at radius 2 is 1.65 bits per heavy atom. The zero-order valence-electron chi connectivity index (χ0n) is 11.7. The van der Waals surface area contributed by atoms with Gasteiger partial charge in [-0.2, -0.15) is 0 Å². The Kier molecular flexibility index (Phi) is 6.23. The third-order valence-electron chi connectivity index (χ3n) is 3.52. The van der Waals surface area contributed by atoms with Gasteiger partial charge in [-0.05, 0) is 76.0 Å². The van der Waals surface area contributed by atoms with E-state index >= 15 is 0 Å². The van der Waals surface area contributed by atoms with E-state index in [9.17, 15) is 0 Å². The standard InChI is InChI=1S/C15H26N2/c1-12-7-8-15(14(3)13(12)2)11-17-10-6-5-9-16-4/h7-8,16-17H,5-6,9-11H2,1-4H3. The average molecular weight is 234 g/mol. The van der Waals surface area contributed by atoms with Crippen LogP contribution in [0.2, 0.25) is 0 Å². The topological polar surface area (TPSA) is 24.1 Å². The van der Waals surface area contributed by atoms with Gasteiger partial charge in [-0.1, -0.05) is 12.1 Å². The van der Waals surface area contributed by atoms with Crippen LogP contribution in [0.1, 0.15) is 35.1 Å². The molecule has 0 bridgehead atoms. The second kappa shape index (κ2) is 7.46. The first-order valence-corrected chi connectivity index (χ1v) is 6.57. The molecule has 0 saturated carbocycles. The molecular formula is C15H26N2. The van der Waals surface area contributed by atoms with Crippen LogP contribution in [0.4, 0.5) is 0 Å². The number of hydrogen-bond acceptors (Lipinski definition) is 2. The van der Waals surface area contributed by atoms with Gasteiger partial charge in [-0.3, -0.25) is 0 Å². The molecular weight excluding hydrogens is 208 g/mol. The van der Waals surface area contributed by atoms with E-state index in [1.807, 2.05) is 7.05 Å². The predicted molar refractivity (Wildman–Crippen MR) is 75.5 cm³/mol. The molecule has 0 unspecified atom stereocenters. The van der Waals surface area contributed by atoms with Crippen molar-refractivity contribution in [1.29, 1.82) is 0 Å². The fourth-order valence-electron chi connectivity index (χ4n) is 1.98. The lowest BCUT2D eigenvalue weighted by atomic mass is 9.99. The summed E-state index contributed by atoms with van der Waals surface area (Å²) < 4.78 is 0. The van der Waals surface area contributed by atoms with E-state index < -0.39 is 0 Å². The van der Waals surface area contributed by atoms with Crippen molar-refractivity contribution in [2.24, 2.45) is 0 Å². The van der Waals surface area contributed by atoms with Crippen LogP contribution in [0.25, 0.3) is 0 Å². The van der Waals surface area contributed by atoms with Crippen molar-refractivity contribution in [2.75, 3.05) is 20.1 Å². The Bertz CT molecular complexity index is 345. The zero-order valence-corrected chi connectivity index (χ0v) is 11.7. The van der Waals surface area contributed by atoms with Gasteiger partial charge in [0.1, 0.15) is 0 Å². The maximum Gasteiger partial charge on any atom is 0.0208 e. The van der Waals surface area contributed by atoms with Crippen LogP contribution in [-0.2, 0) is 6.54 Å². The molecule has 0 saturated heterocycles. The largest absolute Gasteiger partial charge is 0.320 e. The van der Waals surface area contributed by atoms with E-state index in [0.29, 0.717) is 0 Å². The predicted octanol–water partition coefficient (Wildman–Crippen LogP) is 2.70. The molecule has 2 heteroatoms. The minimum atomic E-state index is 0.993. The Balaban J connectivity index is 2.35. The third kappa shape index (κ3) is 4.49. The number of unbranched alkanes of at least 4 members (excludes halogenated alkanes) is 1. The second-order valence-electron chi connectivity index (χ2n) is 4.78. The van der Waals surface area contributed by atoms with Crippen LogP contribution >= 0.6 is 0 Å². The lowest BCUT2D eigenvalue weighted by molar-refractivity contribution is 0.604. The summed E-state index contributed by atoms with van der Waals surface area (Å²) >= 11 is 0. The lowest BCUT2D eigenvalue weighted by Gasteiger charge is -2.12. The van der Waals surface area contributed by atoms with Crippen molar-refractivity contribution in [2.45, 2.75) is 40.2 Å². The van der Waals surface area contributed by atoms with Crippen LogP contribution in [0.15, 0.2) is 12.1 Å². The first-order chi connectivity index (χ1) is 8.16. The first kappa shape index (κ1) is 14.2.